The van der Waals surface area contributed by atoms with Crippen LogP contribution < -0.4 is 11.1 Å². The van der Waals surface area contributed by atoms with Crippen molar-refractivity contribution in [2.75, 3.05) is 19.6 Å². The van der Waals surface area contributed by atoms with Crippen LogP contribution in [0.4, 0.5) is 0 Å². The molecule has 2 rings (SSSR count). The molecular formula is C11H15N3O2S. The summed E-state index contributed by atoms with van der Waals surface area (Å²) >= 11 is 1.16. The zero-order valence-corrected chi connectivity index (χ0v) is 10.4. The van der Waals surface area contributed by atoms with E-state index in [2.05, 4.69) is 5.32 Å². The number of nitrogens with zero attached hydrogens (tertiary/aromatic N) is 1. The summed E-state index contributed by atoms with van der Waals surface area (Å²) in [6, 6.07) is 3.45. The summed E-state index contributed by atoms with van der Waals surface area (Å²) in [7, 11) is 0. The van der Waals surface area contributed by atoms with E-state index >= 15 is 0 Å². The summed E-state index contributed by atoms with van der Waals surface area (Å²) in [6.45, 7) is 4.32. The van der Waals surface area contributed by atoms with Gasteiger partial charge in [0.15, 0.2) is 0 Å². The Hall–Kier alpha value is -1.40. The van der Waals surface area contributed by atoms with Gasteiger partial charge in [-0.1, -0.05) is 0 Å². The molecule has 0 aromatic carbocycles. The standard InChI is InChI=1S/C11H15N3O2S/c1-7-6-13-4-5-14(7)11(16)9-3-2-8(17-9)10(12)15/h2-3,7,13H,4-6H2,1H3,(H2,12,15)/t7-/m0/s1. The van der Waals surface area contributed by atoms with Gasteiger partial charge < -0.3 is 16.0 Å². The molecular weight excluding hydrogens is 238 g/mol. The molecule has 0 bridgehead atoms. The van der Waals surface area contributed by atoms with Crippen molar-refractivity contribution < 1.29 is 9.59 Å². The van der Waals surface area contributed by atoms with Gasteiger partial charge in [-0.3, -0.25) is 9.59 Å². The highest BCUT2D eigenvalue weighted by molar-refractivity contribution is 7.15. The lowest BCUT2D eigenvalue weighted by Crippen LogP contribution is -2.52. The summed E-state index contributed by atoms with van der Waals surface area (Å²) in [5, 5.41) is 3.23. The van der Waals surface area contributed by atoms with Gasteiger partial charge in [0.1, 0.15) is 0 Å². The summed E-state index contributed by atoms with van der Waals surface area (Å²) in [5.74, 6) is -0.501. The zero-order valence-electron chi connectivity index (χ0n) is 9.60. The van der Waals surface area contributed by atoms with Crippen molar-refractivity contribution in [2.45, 2.75) is 13.0 Å². The number of hydrogen-bond acceptors (Lipinski definition) is 4. The summed E-state index contributed by atoms with van der Waals surface area (Å²) in [4.78, 5) is 26.0. The van der Waals surface area contributed by atoms with Crippen LogP contribution in [0, 0.1) is 0 Å². The monoisotopic (exact) mass is 253 g/mol. The maximum Gasteiger partial charge on any atom is 0.264 e. The maximum atomic E-state index is 12.2. The van der Waals surface area contributed by atoms with E-state index in [1.54, 1.807) is 12.1 Å². The Labute approximate surface area is 104 Å². The van der Waals surface area contributed by atoms with E-state index in [0.29, 0.717) is 16.3 Å². The van der Waals surface area contributed by atoms with Crippen LogP contribution in [0.5, 0.6) is 0 Å². The van der Waals surface area contributed by atoms with Crippen LogP contribution in [0.1, 0.15) is 26.3 Å². The van der Waals surface area contributed by atoms with E-state index in [1.807, 2.05) is 11.8 Å². The van der Waals surface area contributed by atoms with Gasteiger partial charge in [0.25, 0.3) is 11.8 Å². The number of primary amides is 1. The molecule has 1 atom stereocenters. The maximum absolute atomic E-state index is 12.2. The highest BCUT2D eigenvalue weighted by Crippen LogP contribution is 2.19. The van der Waals surface area contributed by atoms with E-state index in [0.717, 1.165) is 24.4 Å². The lowest BCUT2D eigenvalue weighted by molar-refractivity contribution is 0.0660. The third-order valence-corrected chi connectivity index (χ3v) is 3.91. The first kappa shape index (κ1) is 12.1. The van der Waals surface area contributed by atoms with Crippen LogP contribution in [0.2, 0.25) is 0 Å². The molecule has 0 saturated carbocycles. The Bertz CT molecular complexity index is 444. The fourth-order valence-electron chi connectivity index (χ4n) is 1.87. The summed E-state index contributed by atoms with van der Waals surface area (Å²) in [5.41, 5.74) is 5.17. The molecule has 1 saturated heterocycles. The predicted molar refractivity (Wildman–Crippen MR) is 66.2 cm³/mol. The Kier molecular flexibility index (Phi) is 3.44. The lowest BCUT2D eigenvalue weighted by Gasteiger charge is -2.33. The van der Waals surface area contributed by atoms with Gasteiger partial charge in [-0.05, 0) is 19.1 Å². The molecule has 1 aliphatic rings. The average molecular weight is 253 g/mol. The minimum absolute atomic E-state index is 0.0171. The van der Waals surface area contributed by atoms with Gasteiger partial charge in [-0.15, -0.1) is 11.3 Å². The first-order chi connectivity index (χ1) is 8.09. The van der Waals surface area contributed by atoms with Gasteiger partial charge in [0.2, 0.25) is 0 Å². The largest absolute Gasteiger partial charge is 0.365 e. The Morgan fingerprint density at radius 1 is 1.47 bits per heavy atom. The van der Waals surface area contributed by atoms with Crippen molar-refractivity contribution in [1.82, 2.24) is 10.2 Å². The van der Waals surface area contributed by atoms with Gasteiger partial charge in [0.05, 0.1) is 9.75 Å². The number of piperazine rings is 1. The highest BCUT2D eigenvalue weighted by atomic mass is 32.1. The second-order valence-electron chi connectivity index (χ2n) is 4.08. The number of amides is 2. The smallest absolute Gasteiger partial charge is 0.264 e. The van der Waals surface area contributed by atoms with Crippen LogP contribution in [-0.2, 0) is 0 Å². The molecule has 0 unspecified atom stereocenters. The first-order valence-corrected chi connectivity index (χ1v) is 6.32. The topological polar surface area (TPSA) is 75.4 Å². The second kappa shape index (κ2) is 4.85. The zero-order chi connectivity index (χ0) is 12.4. The van der Waals surface area contributed by atoms with Crippen LogP contribution >= 0.6 is 11.3 Å². The van der Waals surface area contributed by atoms with Crippen molar-refractivity contribution in [3.05, 3.63) is 21.9 Å². The van der Waals surface area contributed by atoms with Crippen molar-refractivity contribution >= 4 is 23.2 Å². The lowest BCUT2D eigenvalue weighted by atomic mass is 10.2. The quantitative estimate of drug-likeness (QED) is 0.795. The Morgan fingerprint density at radius 3 is 2.76 bits per heavy atom. The first-order valence-electron chi connectivity index (χ1n) is 5.51. The molecule has 1 aromatic rings. The van der Waals surface area contributed by atoms with Gasteiger partial charge >= 0.3 is 0 Å². The van der Waals surface area contributed by atoms with E-state index in [9.17, 15) is 9.59 Å². The molecule has 6 heteroatoms. The molecule has 0 radical (unpaired) electrons. The fraction of sp³-hybridized carbons (Fsp3) is 0.455. The van der Waals surface area contributed by atoms with Gasteiger partial charge in [0, 0.05) is 25.7 Å². The number of carbonyl (C=O) groups is 2. The van der Waals surface area contributed by atoms with Crippen LogP contribution in [0.3, 0.4) is 0 Å². The van der Waals surface area contributed by atoms with E-state index in [1.165, 1.54) is 0 Å². The minimum Gasteiger partial charge on any atom is -0.365 e. The van der Waals surface area contributed by atoms with E-state index in [-0.39, 0.29) is 11.9 Å². The Morgan fingerprint density at radius 2 is 2.18 bits per heavy atom. The van der Waals surface area contributed by atoms with Gasteiger partial charge in [-0.25, -0.2) is 0 Å². The molecule has 1 fully saturated rings. The molecule has 2 amide bonds. The molecule has 2 heterocycles. The molecule has 1 aromatic heterocycles. The molecule has 5 nitrogen and oxygen atoms in total. The van der Waals surface area contributed by atoms with Crippen molar-refractivity contribution in [1.29, 1.82) is 0 Å². The summed E-state index contributed by atoms with van der Waals surface area (Å²) in [6.07, 6.45) is 0. The normalized spacial score (nSPS) is 20.3. The van der Waals surface area contributed by atoms with E-state index < -0.39 is 5.91 Å². The fourth-order valence-corrected chi connectivity index (χ4v) is 2.68. The third-order valence-electron chi connectivity index (χ3n) is 2.82. The number of hydrogen-bond donors (Lipinski definition) is 2. The number of rotatable bonds is 2. The van der Waals surface area contributed by atoms with Crippen LogP contribution in [0.25, 0.3) is 0 Å². The predicted octanol–water partition coefficient (Wildman–Crippen LogP) is 0.281. The van der Waals surface area contributed by atoms with Crippen molar-refractivity contribution in [2.24, 2.45) is 5.73 Å². The SMILES string of the molecule is C[C@H]1CNCCN1C(=O)c1ccc(C(N)=O)s1. The Balaban J connectivity index is 2.15. The third kappa shape index (κ3) is 2.48. The molecule has 1 aliphatic heterocycles. The molecule has 0 spiro atoms. The highest BCUT2D eigenvalue weighted by Gasteiger charge is 2.25. The average Bonchev–Trinajstić information content (AvgIpc) is 2.78. The van der Waals surface area contributed by atoms with Crippen LogP contribution in [-0.4, -0.2) is 42.4 Å². The number of thiophene rings is 1. The number of nitrogens with two attached hydrogens (primary N) is 1. The number of carbonyl (C=O) groups excluding carboxylic acids is 2. The number of nitrogens with one attached hydrogen (secondary N) is 1. The molecule has 17 heavy (non-hydrogen) atoms. The molecule has 3 N–H and O–H groups in total. The second-order valence-corrected chi connectivity index (χ2v) is 5.16. The van der Waals surface area contributed by atoms with Crippen molar-refractivity contribution in [3.8, 4) is 0 Å². The molecule has 0 aliphatic carbocycles. The van der Waals surface area contributed by atoms with Crippen LogP contribution in [0.15, 0.2) is 12.1 Å². The van der Waals surface area contributed by atoms with E-state index in [4.69, 9.17) is 5.73 Å². The van der Waals surface area contributed by atoms with Crippen molar-refractivity contribution in [3.63, 3.8) is 0 Å². The summed E-state index contributed by atoms with van der Waals surface area (Å²) < 4.78 is 0. The minimum atomic E-state index is -0.484. The molecule has 92 valence electrons. The van der Waals surface area contributed by atoms with Gasteiger partial charge in [-0.2, -0.15) is 0 Å².